The molecule has 0 radical (unpaired) electrons. The lowest BCUT2D eigenvalue weighted by Crippen LogP contribution is -2.70. The van der Waals surface area contributed by atoms with Crippen molar-refractivity contribution in [3.8, 4) is 0 Å². The number of hydrogen-bond acceptors (Lipinski definition) is 5. The van der Waals surface area contributed by atoms with Crippen molar-refractivity contribution < 1.29 is 22.5 Å². The third kappa shape index (κ3) is 1.97. The Morgan fingerprint density at radius 2 is 1.92 bits per heavy atom. The number of hydrogen-bond donors (Lipinski definition) is 1. The predicted octanol–water partition coefficient (Wildman–Crippen LogP) is 2.71. The molecular formula is C20H28O5S. The molecular weight excluding hydrogens is 352 g/mol. The summed E-state index contributed by atoms with van der Waals surface area (Å²) in [6.07, 6.45) is 5.65. The van der Waals surface area contributed by atoms with Crippen molar-refractivity contribution >= 4 is 17.1 Å². The lowest BCUT2D eigenvalue weighted by atomic mass is 9.35. The van der Waals surface area contributed by atoms with E-state index in [4.69, 9.17) is 8.37 Å². The first kappa shape index (κ1) is 17.5. The molecule has 1 saturated heterocycles. The Labute approximate surface area is 157 Å². The molecule has 0 amide bonds. The molecule has 5 nitrogen and oxygen atoms in total. The second-order valence-electron chi connectivity index (χ2n) is 9.69. The zero-order chi connectivity index (χ0) is 18.3. The smallest absolute Gasteiger partial charge is 0.304 e. The lowest BCUT2D eigenvalue weighted by molar-refractivity contribution is -0.234. The quantitative estimate of drug-likeness (QED) is 0.654. The fraction of sp³-hybridized carbons (Fsp3) is 0.850. The van der Waals surface area contributed by atoms with E-state index in [0.29, 0.717) is 19.6 Å². The van der Waals surface area contributed by atoms with E-state index in [1.807, 2.05) is 0 Å². The van der Waals surface area contributed by atoms with E-state index in [9.17, 15) is 14.1 Å². The second kappa shape index (κ2) is 5.49. The van der Waals surface area contributed by atoms with Crippen molar-refractivity contribution in [2.45, 2.75) is 58.0 Å². The number of carbonyl (C=O) groups excluding carboxylic acids is 1. The molecule has 6 fully saturated rings. The van der Waals surface area contributed by atoms with Gasteiger partial charge in [-0.1, -0.05) is 19.9 Å². The van der Waals surface area contributed by atoms with E-state index >= 15 is 0 Å². The van der Waals surface area contributed by atoms with Crippen LogP contribution in [0.15, 0.2) is 12.2 Å². The average molecular weight is 381 g/mol. The highest BCUT2D eigenvalue weighted by molar-refractivity contribution is 7.75. The number of allylic oxidation sites excluding steroid dienone is 1. The van der Waals surface area contributed by atoms with Crippen molar-refractivity contribution in [2.24, 2.45) is 34.0 Å². The van der Waals surface area contributed by atoms with Crippen LogP contribution >= 0.6 is 0 Å². The van der Waals surface area contributed by atoms with Gasteiger partial charge >= 0.3 is 11.4 Å². The van der Waals surface area contributed by atoms with Gasteiger partial charge in [-0.25, -0.2) is 0 Å². The molecule has 144 valence electrons. The highest BCUT2D eigenvalue weighted by atomic mass is 32.2. The van der Waals surface area contributed by atoms with Crippen LogP contribution < -0.4 is 0 Å². The van der Waals surface area contributed by atoms with Gasteiger partial charge in [0.15, 0.2) is 5.78 Å². The minimum absolute atomic E-state index is 0.0928. The van der Waals surface area contributed by atoms with E-state index in [1.54, 1.807) is 0 Å². The lowest BCUT2D eigenvalue weighted by Gasteiger charge is -2.69. The number of rotatable bonds is 0. The summed E-state index contributed by atoms with van der Waals surface area (Å²) in [7, 11) is 0. The zero-order valence-electron chi connectivity index (χ0n) is 15.4. The molecule has 1 spiro atoms. The van der Waals surface area contributed by atoms with Crippen LogP contribution in [-0.4, -0.2) is 34.4 Å². The monoisotopic (exact) mass is 380 g/mol. The van der Waals surface area contributed by atoms with Gasteiger partial charge in [0, 0.05) is 5.41 Å². The molecule has 0 aromatic heterocycles. The Hall–Kier alpha value is -0.560. The van der Waals surface area contributed by atoms with Crippen molar-refractivity contribution in [3.05, 3.63) is 12.2 Å². The summed E-state index contributed by atoms with van der Waals surface area (Å²) in [5.41, 5.74) is -0.304. The number of ketones is 1. The average Bonchev–Trinajstić information content (AvgIpc) is 2.63. The summed E-state index contributed by atoms with van der Waals surface area (Å²) in [6, 6.07) is 0. The van der Waals surface area contributed by atoms with Crippen LogP contribution in [0.3, 0.4) is 0 Å². The first-order valence-corrected chi connectivity index (χ1v) is 10.9. The van der Waals surface area contributed by atoms with Gasteiger partial charge < -0.3 is 5.11 Å². The van der Waals surface area contributed by atoms with E-state index in [-0.39, 0.29) is 34.4 Å². The van der Waals surface area contributed by atoms with Crippen molar-refractivity contribution in [1.82, 2.24) is 0 Å². The Balaban J connectivity index is 1.67. The van der Waals surface area contributed by atoms with Gasteiger partial charge in [0.25, 0.3) is 0 Å². The molecule has 1 N–H and O–H groups in total. The molecule has 4 bridgehead atoms. The van der Waals surface area contributed by atoms with Crippen LogP contribution in [0.4, 0.5) is 0 Å². The number of aliphatic hydroxyl groups is 1. The summed E-state index contributed by atoms with van der Waals surface area (Å²) in [5.74, 6) is 0.648. The molecule has 0 aromatic rings. The van der Waals surface area contributed by atoms with E-state index in [0.717, 1.165) is 44.1 Å². The summed E-state index contributed by atoms with van der Waals surface area (Å²) in [6.45, 7) is 7.05. The normalized spacial score (nSPS) is 56.3. The highest BCUT2D eigenvalue weighted by Crippen LogP contribution is 2.71. The van der Waals surface area contributed by atoms with Crippen LogP contribution in [0.2, 0.25) is 0 Å². The van der Waals surface area contributed by atoms with Crippen molar-refractivity contribution in [3.63, 3.8) is 0 Å². The third-order valence-corrected chi connectivity index (χ3v) is 9.46. The maximum atomic E-state index is 13.3. The molecule has 6 heteroatoms. The summed E-state index contributed by atoms with van der Waals surface area (Å²) >= 11 is -1.73. The van der Waals surface area contributed by atoms with Crippen LogP contribution in [0, 0.1) is 34.0 Å². The van der Waals surface area contributed by atoms with Crippen LogP contribution in [-0.2, 0) is 24.5 Å². The molecule has 6 aliphatic rings. The Morgan fingerprint density at radius 3 is 2.73 bits per heavy atom. The van der Waals surface area contributed by atoms with Crippen molar-refractivity contribution in [2.75, 3.05) is 13.2 Å². The van der Waals surface area contributed by atoms with Gasteiger partial charge in [-0.2, -0.15) is 4.21 Å². The first-order chi connectivity index (χ1) is 12.3. The molecule has 6 rings (SSSR count). The van der Waals surface area contributed by atoms with Gasteiger partial charge in [0.05, 0.1) is 24.7 Å². The number of carbonyl (C=O) groups is 1. The first-order valence-electron chi connectivity index (χ1n) is 9.93. The largest absolute Gasteiger partial charge is 0.392 e. The third-order valence-electron chi connectivity index (χ3n) is 8.84. The summed E-state index contributed by atoms with van der Waals surface area (Å²) in [4.78, 5) is 13.3. The van der Waals surface area contributed by atoms with Gasteiger partial charge in [-0.05, 0) is 67.3 Å². The second-order valence-corrected chi connectivity index (χ2v) is 10.6. The Morgan fingerprint density at radius 1 is 1.15 bits per heavy atom. The molecule has 4 unspecified atom stereocenters. The Bertz CT molecular complexity index is 706. The van der Waals surface area contributed by atoms with Crippen LogP contribution in [0.1, 0.15) is 51.9 Å². The number of aliphatic hydroxyl groups excluding tert-OH is 1. The zero-order valence-corrected chi connectivity index (χ0v) is 16.2. The van der Waals surface area contributed by atoms with Crippen LogP contribution in [0.5, 0.6) is 0 Å². The molecule has 1 heterocycles. The van der Waals surface area contributed by atoms with Gasteiger partial charge in [-0.3, -0.25) is 13.2 Å². The fourth-order valence-electron chi connectivity index (χ4n) is 7.62. The molecule has 5 saturated carbocycles. The van der Waals surface area contributed by atoms with E-state index in [1.165, 1.54) is 0 Å². The molecule has 5 aliphatic carbocycles. The van der Waals surface area contributed by atoms with E-state index in [2.05, 4.69) is 13.5 Å². The topological polar surface area (TPSA) is 72.8 Å². The fourth-order valence-corrected chi connectivity index (χ4v) is 8.37. The summed E-state index contributed by atoms with van der Waals surface area (Å²) < 4.78 is 23.2. The Kier molecular flexibility index (Phi) is 3.70. The molecule has 0 aromatic carbocycles. The predicted molar refractivity (Wildman–Crippen MR) is 96.0 cm³/mol. The molecule has 26 heavy (non-hydrogen) atoms. The number of Topliss-reactive ketones (excluding diaryl/α,β-unsaturated/α-hetero) is 1. The van der Waals surface area contributed by atoms with Gasteiger partial charge in [0.2, 0.25) is 0 Å². The maximum absolute atomic E-state index is 13.3. The maximum Gasteiger partial charge on any atom is 0.304 e. The highest BCUT2D eigenvalue weighted by Gasteiger charge is 2.71. The molecule has 1 aliphatic heterocycles. The number of fused-ring (bicyclic) bond motifs is 2. The van der Waals surface area contributed by atoms with Crippen molar-refractivity contribution in [1.29, 1.82) is 0 Å². The van der Waals surface area contributed by atoms with Gasteiger partial charge in [-0.15, -0.1) is 0 Å². The minimum atomic E-state index is -1.73. The van der Waals surface area contributed by atoms with Gasteiger partial charge in [0.1, 0.15) is 0 Å². The standard InChI is InChI=1S/C20H28O5S/c1-12-13-4-7-20(17(12)22)15(8-13)19-6-3-5-18(2,14(19)9-16(20)21)10-24-26(23)25-11-19/h13-16,21H,1,3-11H2,2H3/t13?,14?,15?,16-,18+,19+,20-,26?/m1/s1. The molecule has 8 atom stereocenters. The van der Waals surface area contributed by atoms with Crippen LogP contribution in [0.25, 0.3) is 0 Å². The summed E-state index contributed by atoms with van der Waals surface area (Å²) in [5, 5.41) is 11.3. The minimum Gasteiger partial charge on any atom is -0.392 e. The SMILES string of the molecule is C=C1C(=O)[C@]23CCC1CC2[C@@]12CCC[C@@](C)(COS(=O)OC1)C2C[C@H]3O. The van der Waals surface area contributed by atoms with E-state index < -0.39 is 22.9 Å².